The normalized spacial score (nSPS) is 20.5. The number of nitrogens with two attached hydrogens (primary N) is 2. The molecule has 2 aliphatic carbocycles. The average molecular weight is 406 g/mol. The standard InChI is InChI=1S/C19H21ClFN5O2/c20-14-6-5-12(8-15(14)21)25-17(27)18(28)26-16-11(9-24-19(22)23)7-10-3-1-2-4-13(10)16/h1,3,5-6,8,11,16H,2,4,7,9H2,(H,25,27)(H,26,28)(H4,22,23,24). The number of allylic oxidation sites excluding steroid dienone is 3. The Morgan fingerprint density at radius 3 is 2.79 bits per heavy atom. The molecule has 148 valence electrons. The topological polar surface area (TPSA) is 123 Å². The number of hydrogen-bond acceptors (Lipinski definition) is 3. The van der Waals surface area contributed by atoms with E-state index in [1.807, 2.05) is 6.08 Å². The molecule has 2 amide bonds. The highest BCUT2D eigenvalue weighted by atomic mass is 35.5. The molecule has 3 rings (SSSR count). The minimum atomic E-state index is -0.886. The van der Waals surface area contributed by atoms with Gasteiger partial charge >= 0.3 is 11.8 Å². The molecule has 0 spiro atoms. The summed E-state index contributed by atoms with van der Waals surface area (Å²) in [7, 11) is 0. The van der Waals surface area contributed by atoms with Crippen molar-refractivity contribution in [2.24, 2.45) is 22.4 Å². The molecular weight excluding hydrogens is 385 g/mol. The molecule has 0 fully saturated rings. The number of rotatable bonds is 4. The first kappa shape index (κ1) is 19.9. The van der Waals surface area contributed by atoms with Gasteiger partial charge in [-0.3, -0.25) is 14.6 Å². The highest BCUT2D eigenvalue weighted by Crippen LogP contribution is 2.38. The van der Waals surface area contributed by atoms with E-state index < -0.39 is 17.6 Å². The van der Waals surface area contributed by atoms with Crippen molar-refractivity contribution in [3.8, 4) is 0 Å². The maximum absolute atomic E-state index is 13.5. The molecule has 9 heteroatoms. The van der Waals surface area contributed by atoms with Gasteiger partial charge in [-0.2, -0.15) is 0 Å². The van der Waals surface area contributed by atoms with E-state index in [-0.39, 0.29) is 28.6 Å². The van der Waals surface area contributed by atoms with Crippen LogP contribution in [0.25, 0.3) is 0 Å². The van der Waals surface area contributed by atoms with Crippen molar-refractivity contribution in [2.45, 2.75) is 25.3 Å². The molecule has 1 aromatic rings. The lowest BCUT2D eigenvalue weighted by Gasteiger charge is -2.23. The van der Waals surface area contributed by atoms with E-state index in [9.17, 15) is 14.0 Å². The zero-order valence-electron chi connectivity index (χ0n) is 15.0. The van der Waals surface area contributed by atoms with E-state index >= 15 is 0 Å². The zero-order valence-corrected chi connectivity index (χ0v) is 15.8. The number of nitrogens with zero attached hydrogens (tertiary/aromatic N) is 1. The minimum absolute atomic E-state index is 0.0204. The van der Waals surface area contributed by atoms with Crippen LogP contribution in [-0.4, -0.2) is 30.4 Å². The number of halogens is 2. The predicted octanol–water partition coefficient (Wildman–Crippen LogP) is 1.84. The smallest absolute Gasteiger partial charge is 0.313 e. The molecule has 0 aliphatic heterocycles. The Morgan fingerprint density at radius 2 is 2.07 bits per heavy atom. The molecule has 0 aromatic heterocycles. The number of carbonyl (C=O) groups excluding carboxylic acids is 2. The molecule has 0 radical (unpaired) electrons. The van der Waals surface area contributed by atoms with Gasteiger partial charge in [0.2, 0.25) is 0 Å². The fourth-order valence-electron chi connectivity index (χ4n) is 3.54. The first-order chi connectivity index (χ1) is 13.3. The summed E-state index contributed by atoms with van der Waals surface area (Å²) in [5.74, 6) is -2.44. The maximum Gasteiger partial charge on any atom is 0.313 e. The van der Waals surface area contributed by atoms with Gasteiger partial charge in [-0.1, -0.05) is 23.8 Å². The summed E-state index contributed by atoms with van der Waals surface area (Å²) >= 11 is 5.62. The van der Waals surface area contributed by atoms with Crippen molar-refractivity contribution >= 4 is 35.1 Å². The van der Waals surface area contributed by atoms with Crippen LogP contribution in [0.4, 0.5) is 10.1 Å². The van der Waals surface area contributed by atoms with Crippen LogP contribution in [-0.2, 0) is 9.59 Å². The van der Waals surface area contributed by atoms with Crippen molar-refractivity contribution in [3.05, 3.63) is 52.3 Å². The number of nitrogens with one attached hydrogen (secondary N) is 2. The molecule has 6 N–H and O–H groups in total. The molecule has 0 saturated carbocycles. The van der Waals surface area contributed by atoms with Gasteiger partial charge in [0, 0.05) is 18.2 Å². The molecule has 0 saturated heterocycles. The third-order valence-corrected chi connectivity index (χ3v) is 5.13. The van der Waals surface area contributed by atoms with Crippen LogP contribution in [0.3, 0.4) is 0 Å². The van der Waals surface area contributed by atoms with Gasteiger partial charge in [-0.15, -0.1) is 0 Å². The Kier molecular flexibility index (Phi) is 5.99. The van der Waals surface area contributed by atoms with Gasteiger partial charge in [0.1, 0.15) is 5.82 Å². The molecule has 1 aromatic carbocycles. The van der Waals surface area contributed by atoms with Gasteiger partial charge in [0.25, 0.3) is 0 Å². The molecular formula is C19H21ClFN5O2. The quantitative estimate of drug-likeness (QED) is 0.346. The van der Waals surface area contributed by atoms with Gasteiger partial charge in [0.15, 0.2) is 5.96 Å². The number of amides is 2. The molecule has 2 unspecified atom stereocenters. The maximum atomic E-state index is 13.5. The van der Waals surface area contributed by atoms with Crippen molar-refractivity contribution in [1.82, 2.24) is 5.32 Å². The summed E-state index contributed by atoms with van der Waals surface area (Å²) in [6.07, 6.45) is 6.53. The minimum Gasteiger partial charge on any atom is -0.370 e. The summed E-state index contributed by atoms with van der Waals surface area (Å²) in [5.41, 5.74) is 13.2. The third kappa shape index (κ3) is 4.51. The Balaban J connectivity index is 1.70. The Bertz CT molecular complexity index is 892. The molecule has 0 heterocycles. The van der Waals surface area contributed by atoms with E-state index in [0.717, 1.165) is 36.5 Å². The monoisotopic (exact) mass is 405 g/mol. The Labute approximate surface area is 166 Å². The van der Waals surface area contributed by atoms with E-state index in [0.29, 0.717) is 6.54 Å². The summed E-state index contributed by atoms with van der Waals surface area (Å²) < 4.78 is 13.5. The van der Waals surface area contributed by atoms with Crippen molar-refractivity contribution < 1.29 is 14.0 Å². The van der Waals surface area contributed by atoms with Gasteiger partial charge in [-0.05, 0) is 48.6 Å². The molecule has 2 atom stereocenters. The zero-order chi connectivity index (χ0) is 20.3. The van der Waals surface area contributed by atoms with Crippen LogP contribution in [0, 0.1) is 11.7 Å². The largest absolute Gasteiger partial charge is 0.370 e. The number of hydrogen-bond donors (Lipinski definition) is 4. The van der Waals surface area contributed by atoms with Crippen molar-refractivity contribution in [3.63, 3.8) is 0 Å². The third-order valence-electron chi connectivity index (χ3n) is 4.82. The van der Waals surface area contributed by atoms with E-state index in [1.165, 1.54) is 12.1 Å². The van der Waals surface area contributed by atoms with Crippen LogP contribution < -0.4 is 22.1 Å². The van der Waals surface area contributed by atoms with Crippen LogP contribution >= 0.6 is 11.6 Å². The van der Waals surface area contributed by atoms with Crippen molar-refractivity contribution in [1.29, 1.82) is 0 Å². The summed E-state index contributed by atoms with van der Waals surface area (Å²) in [4.78, 5) is 28.8. The number of carbonyl (C=O) groups is 2. The highest BCUT2D eigenvalue weighted by molar-refractivity contribution is 6.39. The first-order valence-electron chi connectivity index (χ1n) is 8.86. The lowest BCUT2D eigenvalue weighted by molar-refractivity contribution is -0.136. The van der Waals surface area contributed by atoms with Gasteiger partial charge < -0.3 is 22.1 Å². The van der Waals surface area contributed by atoms with Crippen LogP contribution in [0.5, 0.6) is 0 Å². The van der Waals surface area contributed by atoms with Gasteiger partial charge in [-0.25, -0.2) is 4.39 Å². The second-order valence-corrected chi connectivity index (χ2v) is 7.16. The number of benzene rings is 1. The Morgan fingerprint density at radius 1 is 1.29 bits per heavy atom. The number of aliphatic imine (C=N–C) groups is 1. The molecule has 7 nitrogen and oxygen atoms in total. The Hall–Kier alpha value is -2.87. The number of anilines is 1. The highest BCUT2D eigenvalue weighted by Gasteiger charge is 2.36. The molecule has 0 bridgehead atoms. The fourth-order valence-corrected chi connectivity index (χ4v) is 3.65. The second kappa shape index (κ2) is 8.43. The van der Waals surface area contributed by atoms with E-state index in [1.54, 1.807) is 0 Å². The van der Waals surface area contributed by atoms with Gasteiger partial charge in [0.05, 0.1) is 11.1 Å². The average Bonchev–Trinajstić information content (AvgIpc) is 3.00. The van der Waals surface area contributed by atoms with E-state index in [2.05, 4.69) is 21.7 Å². The van der Waals surface area contributed by atoms with Crippen molar-refractivity contribution in [2.75, 3.05) is 11.9 Å². The van der Waals surface area contributed by atoms with Crippen LogP contribution in [0.2, 0.25) is 5.02 Å². The predicted molar refractivity (Wildman–Crippen MR) is 106 cm³/mol. The van der Waals surface area contributed by atoms with E-state index in [4.69, 9.17) is 23.1 Å². The SMILES string of the molecule is NC(N)=NCC1CC2=C(CCC=C2)C1NC(=O)C(=O)Nc1ccc(Cl)c(F)c1. The fraction of sp³-hybridized carbons (Fsp3) is 0.316. The van der Waals surface area contributed by atoms with Crippen LogP contribution in [0.1, 0.15) is 19.3 Å². The second-order valence-electron chi connectivity index (χ2n) is 6.76. The summed E-state index contributed by atoms with van der Waals surface area (Å²) in [6.45, 7) is 0.345. The first-order valence-corrected chi connectivity index (χ1v) is 9.23. The molecule has 2 aliphatic rings. The van der Waals surface area contributed by atoms with Crippen LogP contribution in [0.15, 0.2) is 46.5 Å². The molecule has 28 heavy (non-hydrogen) atoms. The lowest BCUT2D eigenvalue weighted by atomic mass is 9.95. The number of guanidine groups is 1. The lowest BCUT2D eigenvalue weighted by Crippen LogP contribution is -2.45. The summed E-state index contributed by atoms with van der Waals surface area (Å²) in [6, 6.07) is 3.44. The summed E-state index contributed by atoms with van der Waals surface area (Å²) in [5, 5.41) is 5.09.